The fourth-order valence-corrected chi connectivity index (χ4v) is 21.1. The van der Waals surface area contributed by atoms with Crippen LogP contribution in [0.5, 0.6) is 0 Å². The molecule has 7 aliphatic rings. The van der Waals surface area contributed by atoms with Crippen LogP contribution in [-0.2, 0) is 73.5 Å². The van der Waals surface area contributed by atoms with E-state index in [9.17, 15) is 38.4 Å². The topological polar surface area (TPSA) is 482 Å². The minimum atomic E-state index is -1.31. The first-order chi connectivity index (χ1) is 59.3. The molecule has 1 aromatic rings. The molecule has 0 unspecified atom stereocenters. The third kappa shape index (κ3) is 26.6. The van der Waals surface area contributed by atoms with Crippen molar-refractivity contribution in [2.24, 2.45) is 58.4 Å². The SMILES string of the molecule is CC(C)C[C@@H]1NC(=O)[C@H](CCCCN)NC(=O)[C@H](C(C)C)NC(=O)C2=CC3=C4CCCC4=C4C=C(S[C@]4(C)[C@@]3(C)S2)C(=O)[C@H]2CCCN2C(=O)[C@H](CC(C)C)NC(=O)[C@H](CCCCN)NC(=O)[C@H](C(C)C)NC(=O)[C@H](CCCCN)NC(=O)[C@H](CC(C)C)NC(=O)[C@@H]2CCCN2C(=O)[C@@H](Cc2ccccc2)NC(=O)[C@H](C(C)C)NC(=O)[C@H](CCCCN)NC1=O. The van der Waals surface area contributed by atoms with Crippen molar-refractivity contribution in [2.45, 2.75) is 333 Å². The molecule has 13 amide bonds. The van der Waals surface area contributed by atoms with Crippen LogP contribution in [0, 0.1) is 35.5 Å². The number of unbranched alkanes of at least 4 members (excludes halogenated alkanes) is 4. The van der Waals surface area contributed by atoms with Gasteiger partial charge in [-0.15, -0.1) is 23.5 Å². The number of ketones is 1. The van der Waals surface area contributed by atoms with Crippen LogP contribution < -0.4 is 81.4 Å². The number of carbonyl (C=O) groups excluding carboxylic acids is 14. The Balaban J connectivity index is 1.16. The van der Waals surface area contributed by atoms with Crippen LogP contribution in [0.25, 0.3) is 0 Å². The number of rotatable bonds is 27. The second-order valence-corrected chi connectivity index (χ2v) is 40.5. The van der Waals surface area contributed by atoms with Gasteiger partial charge in [0.25, 0.3) is 5.91 Å². The van der Waals surface area contributed by atoms with Gasteiger partial charge in [-0.05, 0) is 257 Å². The average Bonchev–Trinajstić information content (AvgIpc) is 1.52. The molecular weight excluding hydrogens is 1630 g/mol. The molecule has 5 heterocycles. The number of carbonyl (C=O) groups is 14. The van der Waals surface area contributed by atoms with Crippen LogP contribution in [0.1, 0.15) is 244 Å². The van der Waals surface area contributed by atoms with Crippen LogP contribution in [0.4, 0.5) is 0 Å². The number of benzene rings is 1. The van der Waals surface area contributed by atoms with E-state index in [1.54, 1.807) is 76.8 Å². The molecule has 1 aromatic carbocycles. The van der Waals surface area contributed by atoms with Crippen molar-refractivity contribution in [3.63, 3.8) is 0 Å². The zero-order valence-electron chi connectivity index (χ0n) is 76.3. The van der Waals surface area contributed by atoms with Gasteiger partial charge in [0.05, 0.1) is 25.3 Å². The first-order valence-electron chi connectivity index (χ1n) is 45.9. The molecule has 0 aromatic heterocycles. The summed E-state index contributed by atoms with van der Waals surface area (Å²) in [6.45, 7) is 27.3. The Kier molecular flexibility index (Phi) is 38.7. The standard InChI is InChI=1S/C92H145N17O14S2/c1-51(2)45-66-82(115)97-64(35-20-24-41-95)81(114)106-75(55(9)10)88(121)104-69(48-57-29-16-15-17-30-57)90(123)109-44-28-38-71(109)84(117)102-67(46-52(3)4)83(116)98-65(36-21-25-42-96)80(113)105-74(54(7)8)86(119)100-63(34-19-23-40-94)79(112)103-68(47-53(5)6)89(122)108-43-27-37-70(108)77(110)72-49-60-58-31-26-32-59(58)61-50-73(125-92(61,14)91(60,13)124-72)85(118)107-76(56(11)12)87(120)99-62(78(111)101-66)33-18-22-39-93/h15-17,29-30,49-56,62-71,74-76H,18-28,31-48,93-96H2,1-14H3,(H,97,115)(H,98,116)(H,99,120)(H,100,119)(H,101,111)(H,102,117)(H,103,112)(H,104,121)(H,105,113)(H,106,114)(H,107,118)/t62-,63-,64-,65-,66-,67-,68-,69+,70+,71-,74-,75-,76-,91-,92-/m0/s1. The van der Waals surface area contributed by atoms with Crippen molar-refractivity contribution >= 4 is 106 Å². The number of thioether (sulfide) groups is 2. The maximum atomic E-state index is 15.5. The van der Waals surface area contributed by atoms with Gasteiger partial charge in [0, 0.05) is 19.5 Å². The summed E-state index contributed by atoms with van der Waals surface area (Å²) in [5.41, 5.74) is 28.7. The van der Waals surface area contributed by atoms with Crippen LogP contribution in [0.2, 0.25) is 0 Å². The molecular formula is C92H145N17O14S2. The van der Waals surface area contributed by atoms with Gasteiger partial charge in [0.2, 0.25) is 70.9 Å². The number of nitrogens with two attached hydrogens (primary N) is 4. The number of hydrogen-bond donors (Lipinski definition) is 15. The van der Waals surface area contributed by atoms with E-state index in [0.29, 0.717) is 86.0 Å². The van der Waals surface area contributed by atoms with E-state index in [1.807, 2.05) is 53.7 Å². The van der Waals surface area contributed by atoms with Crippen molar-refractivity contribution < 1.29 is 67.1 Å². The fraction of sp³-hybridized carbons (Fsp3) is 0.696. The first kappa shape index (κ1) is 102. The second-order valence-electron chi connectivity index (χ2n) is 37.5. The molecule has 3 saturated heterocycles. The fourth-order valence-electron chi connectivity index (χ4n) is 18.0. The Morgan fingerprint density at radius 1 is 0.368 bits per heavy atom. The highest BCUT2D eigenvalue weighted by Crippen LogP contribution is 2.68. The third-order valence-corrected chi connectivity index (χ3v) is 28.3. The summed E-state index contributed by atoms with van der Waals surface area (Å²) in [5, 5.41) is 32.1. The molecule has 125 heavy (non-hydrogen) atoms. The number of hydrogen-bond acceptors (Lipinski definition) is 20. The quantitative estimate of drug-likeness (QED) is 0.0496. The molecule has 19 N–H and O–H groups in total. The monoisotopic (exact) mass is 1780 g/mol. The summed E-state index contributed by atoms with van der Waals surface area (Å²) >= 11 is 2.77. The normalized spacial score (nSPS) is 28.8. The Morgan fingerprint density at radius 2 is 0.696 bits per heavy atom. The molecule has 15 atom stereocenters. The summed E-state index contributed by atoms with van der Waals surface area (Å²) in [7, 11) is 0. The minimum Gasteiger partial charge on any atom is -0.343 e. The van der Waals surface area contributed by atoms with E-state index >= 15 is 28.8 Å². The summed E-state index contributed by atoms with van der Waals surface area (Å²) in [6, 6.07) is -6.84. The Labute approximate surface area is 747 Å². The molecule has 694 valence electrons. The molecule has 2 aliphatic carbocycles. The van der Waals surface area contributed by atoms with Crippen LogP contribution in [0.3, 0.4) is 0 Å². The molecule has 5 aliphatic heterocycles. The Bertz CT molecular complexity index is 4150. The van der Waals surface area contributed by atoms with E-state index < -0.39 is 183 Å². The zero-order chi connectivity index (χ0) is 91.9. The van der Waals surface area contributed by atoms with Crippen LogP contribution >= 0.6 is 23.5 Å². The smallest absolute Gasteiger partial charge is 0.258 e. The van der Waals surface area contributed by atoms with Crippen molar-refractivity contribution in [3.05, 3.63) is 80.2 Å². The molecule has 1 saturated carbocycles. The van der Waals surface area contributed by atoms with E-state index in [-0.39, 0.29) is 121 Å². The van der Waals surface area contributed by atoms with Crippen molar-refractivity contribution in [3.8, 4) is 0 Å². The Morgan fingerprint density at radius 3 is 1.11 bits per heavy atom. The van der Waals surface area contributed by atoms with Gasteiger partial charge in [-0.1, -0.05) is 113 Å². The van der Waals surface area contributed by atoms with E-state index in [4.69, 9.17) is 22.9 Å². The highest BCUT2D eigenvalue weighted by atomic mass is 32.2. The molecule has 4 bridgehead atoms. The average molecular weight is 1780 g/mol. The lowest BCUT2D eigenvalue weighted by Gasteiger charge is -2.47. The van der Waals surface area contributed by atoms with Gasteiger partial charge < -0.3 is 91.2 Å². The zero-order valence-corrected chi connectivity index (χ0v) is 77.9. The summed E-state index contributed by atoms with van der Waals surface area (Å²) in [6.07, 6.45) is 11.6. The molecule has 31 nitrogen and oxygen atoms in total. The summed E-state index contributed by atoms with van der Waals surface area (Å²) in [5.74, 6) is -11.1. The van der Waals surface area contributed by atoms with Crippen LogP contribution in [-0.4, -0.2) is 220 Å². The van der Waals surface area contributed by atoms with Gasteiger partial charge in [-0.3, -0.25) is 67.1 Å². The number of fused-ring (bicyclic) bond motifs is 5. The second kappa shape index (κ2) is 47.5. The van der Waals surface area contributed by atoms with Gasteiger partial charge in [0.15, 0.2) is 5.78 Å². The van der Waals surface area contributed by atoms with Gasteiger partial charge in [0.1, 0.15) is 72.5 Å². The van der Waals surface area contributed by atoms with E-state index in [1.165, 1.54) is 28.4 Å². The predicted molar refractivity (Wildman–Crippen MR) is 486 cm³/mol. The lowest BCUT2D eigenvalue weighted by atomic mass is 9.72. The maximum Gasteiger partial charge on any atom is 0.258 e. The van der Waals surface area contributed by atoms with Gasteiger partial charge in [-0.25, -0.2) is 0 Å². The lowest BCUT2D eigenvalue weighted by molar-refractivity contribution is -0.143. The number of nitrogens with one attached hydrogen (secondary N) is 11. The van der Waals surface area contributed by atoms with E-state index in [2.05, 4.69) is 72.3 Å². The van der Waals surface area contributed by atoms with Crippen LogP contribution in [0.15, 0.2) is 74.6 Å². The number of nitrogens with zero attached hydrogens (tertiary/aromatic N) is 2. The highest BCUT2D eigenvalue weighted by molar-refractivity contribution is 8.10. The van der Waals surface area contributed by atoms with Crippen molar-refractivity contribution in [2.75, 3.05) is 39.3 Å². The van der Waals surface area contributed by atoms with Crippen molar-refractivity contribution in [1.82, 2.24) is 68.3 Å². The molecule has 0 spiro atoms. The molecule has 0 radical (unpaired) electrons. The molecule has 33 heteroatoms. The minimum absolute atomic E-state index is 0.0444. The first-order valence-corrected chi connectivity index (χ1v) is 47.6. The molecule has 8 rings (SSSR count). The molecule has 4 fully saturated rings. The summed E-state index contributed by atoms with van der Waals surface area (Å²) < 4.78 is -1.66. The lowest BCUT2D eigenvalue weighted by Crippen LogP contribution is -2.61. The summed E-state index contributed by atoms with van der Waals surface area (Å²) in [4.78, 5) is 215. The number of Topliss-reactive ketones (excluding diaryl/α,β-unsaturated/α-hetero) is 1. The number of amides is 13. The highest BCUT2D eigenvalue weighted by Gasteiger charge is 2.61. The number of allylic oxidation sites excluding steroid dienone is 4. The third-order valence-electron chi connectivity index (χ3n) is 25.1. The Hall–Kier alpha value is -8.50. The maximum absolute atomic E-state index is 15.5. The largest absolute Gasteiger partial charge is 0.343 e. The van der Waals surface area contributed by atoms with Crippen molar-refractivity contribution in [1.29, 1.82) is 0 Å². The van der Waals surface area contributed by atoms with Gasteiger partial charge >= 0.3 is 0 Å². The van der Waals surface area contributed by atoms with E-state index in [0.717, 1.165) is 41.6 Å². The predicted octanol–water partition coefficient (Wildman–Crippen LogP) is 5.32. The van der Waals surface area contributed by atoms with Gasteiger partial charge in [-0.2, -0.15) is 0 Å².